The van der Waals surface area contributed by atoms with Crippen LogP contribution in [0.1, 0.15) is 26.3 Å². The molecule has 0 aliphatic rings. The van der Waals surface area contributed by atoms with Crippen LogP contribution >= 0.6 is 11.6 Å². The highest BCUT2D eigenvalue weighted by Gasteiger charge is 2.13. The Labute approximate surface area is 114 Å². The summed E-state index contributed by atoms with van der Waals surface area (Å²) in [5.74, 6) is 0.608. The van der Waals surface area contributed by atoms with Crippen LogP contribution in [-0.4, -0.2) is 29.9 Å². The number of ether oxygens (including phenoxy) is 1. The van der Waals surface area contributed by atoms with E-state index < -0.39 is 6.10 Å². The average molecular weight is 272 g/mol. The van der Waals surface area contributed by atoms with Crippen molar-refractivity contribution >= 4 is 11.6 Å². The monoisotopic (exact) mass is 271 g/mol. The van der Waals surface area contributed by atoms with Crippen LogP contribution in [0.25, 0.3) is 0 Å². The Bertz CT molecular complexity index is 388. The quantitative estimate of drug-likeness (QED) is 0.865. The SMILES string of the molecule is Cc1ccc(OCC(O)CNC(C)(C)C)c(Cl)c1. The average Bonchev–Trinajstić information content (AvgIpc) is 2.24. The fourth-order valence-electron chi connectivity index (χ4n) is 1.39. The van der Waals surface area contributed by atoms with Crippen molar-refractivity contribution in [2.75, 3.05) is 13.2 Å². The summed E-state index contributed by atoms with van der Waals surface area (Å²) in [5, 5.41) is 13.6. The van der Waals surface area contributed by atoms with Gasteiger partial charge in [0.05, 0.1) is 5.02 Å². The first-order chi connectivity index (χ1) is 8.28. The third-order valence-corrected chi connectivity index (χ3v) is 2.68. The number of aryl methyl sites for hydroxylation is 1. The maximum absolute atomic E-state index is 9.79. The Morgan fingerprint density at radius 1 is 1.39 bits per heavy atom. The van der Waals surface area contributed by atoms with Crippen LogP contribution in [0, 0.1) is 6.92 Å². The molecule has 0 saturated carbocycles. The smallest absolute Gasteiger partial charge is 0.138 e. The van der Waals surface area contributed by atoms with Crippen molar-refractivity contribution in [1.29, 1.82) is 0 Å². The molecule has 0 amide bonds. The van der Waals surface area contributed by atoms with Crippen molar-refractivity contribution in [1.82, 2.24) is 5.32 Å². The van der Waals surface area contributed by atoms with Crippen molar-refractivity contribution in [2.45, 2.75) is 39.3 Å². The van der Waals surface area contributed by atoms with Gasteiger partial charge in [-0.1, -0.05) is 17.7 Å². The molecule has 0 fully saturated rings. The summed E-state index contributed by atoms with van der Waals surface area (Å²) < 4.78 is 5.50. The van der Waals surface area contributed by atoms with Gasteiger partial charge in [-0.3, -0.25) is 0 Å². The van der Waals surface area contributed by atoms with Crippen molar-refractivity contribution < 1.29 is 9.84 Å². The lowest BCUT2D eigenvalue weighted by atomic mass is 10.1. The number of benzene rings is 1. The summed E-state index contributed by atoms with van der Waals surface area (Å²) in [6, 6.07) is 5.60. The molecule has 1 rings (SSSR count). The van der Waals surface area contributed by atoms with Gasteiger partial charge in [0, 0.05) is 12.1 Å². The lowest BCUT2D eigenvalue weighted by molar-refractivity contribution is 0.100. The highest BCUT2D eigenvalue weighted by atomic mass is 35.5. The molecule has 1 aromatic rings. The molecule has 0 aliphatic carbocycles. The number of hydrogen-bond donors (Lipinski definition) is 2. The maximum Gasteiger partial charge on any atom is 0.138 e. The number of halogens is 1. The van der Waals surface area contributed by atoms with E-state index in [1.54, 1.807) is 0 Å². The van der Waals surface area contributed by atoms with E-state index in [0.717, 1.165) is 5.56 Å². The molecular formula is C14H22ClNO2. The molecular weight excluding hydrogens is 250 g/mol. The summed E-state index contributed by atoms with van der Waals surface area (Å²) in [5.41, 5.74) is 1.07. The molecule has 18 heavy (non-hydrogen) atoms. The molecule has 2 N–H and O–H groups in total. The molecule has 3 nitrogen and oxygen atoms in total. The zero-order valence-electron chi connectivity index (χ0n) is 11.5. The van der Waals surface area contributed by atoms with E-state index in [1.807, 2.05) is 25.1 Å². The highest BCUT2D eigenvalue weighted by Crippen LogP contribution is 2.25. The zero-order valence-corrected chi connectivity index (χ0v) is 12.2. The molecule has 0 aliphatic heterocycles. The van der Waals surface area contributed by atoms with Crippen LogP contribution in [0.4, 0.5) is 0 Å². The second-order valence-corrected chi connectivity index (χ2v) is 5.94. The van der Waals surface area contributed by atoms with Crippen molar-refractivity contribution in [3.05, 3.63) is 28.8 Å². The molecule has 4 heteroatoms. The molecule has 102 valence electrons. The number of nitrogens with one attached hydrogen (secondary N) is 1. The van der Waals surface area contributed by atoms with Gasteiger partial charge in [-0.15, -0.1) is 0 Å². The second kappa shape index (κ2) is 6.41. The largest absolute Gasteiger partial charge is 0.489 e. The Hall–Kier alpha value is -0.770. The molecule has 0 aromatic heterocycles. The Morgan fingerprint density at radius 3 is 2.61 bits per heavy atom. The highest BCUT2D eigenvalue weighted by molar-refractivity contribution is 6.32. The zero-order chi connectivity index (χ0) is 13.8. The number of aliphatic hydroxyl groups excluding tert-OH is 1. The van der Waals surface area contributed by atoms with Crippen LogP contribution in [0.3, 0.4) is 0 Å². The third kappa shape index (κ3) is 5.71. The predicted molar refractivity (Wildman–Crippen MR) is 75.4 cm³/mol. The second-order valence-electron chi connectivity index (χ2n) is 5.53. The summed E-state index contributed by atoms with van der Waals surface area (Å²) in [7, 11) is 0. The minimum absolute atomic E-state index is 0.0114. The molecule has 0 radical (unpaired) electrons. The van der Waals surface area contributed by atoms with Gasteiger partial charge < -0.3 is 15.2 Å². The first kappa shape index (κ1) is 15.3. The molecule has 0 bridgehead atoms. The minimum Gasteiger partial charge on any atom is -0.489 e. The van der Waals surface area contributed by atoms with Crippen molar-refractivity contribution in [3.8, 4) is 5.75 Å². The Kier molecular flexibility index (Phi) is 5.45. The molecule has 0 spiro atoms. The lowest BCUT2D eigenvalue weighted by Gasteiger charge is -2.23. The normalized spacial score (nSPS) is 13.4. The first-order valence-corrected chi connectivity index (χ1v) is 6.48. The van der Waals surface area contributed by atoms with Gasteiger partial charge in [0.15, 0.2) is 0 Å². The molecule has 0 heterocycles. The topological polar surface area (TPSA) is 41.5 Å². The summed E-state index contributed by atoms with van der Waals surface area (Å²) in [6.45, 7) is 8.85. The van der Waals surface area contributed by atoms with E-state index in [0.29, 0.717) is 17.3 Å². The van der Waals surface area contributed by atoms with Gasteiger partial charge in [-0.05, 0) is 45.4 Å². The molecule has 1 atom stereocenters. The standard InChI is InChI=1S/C14H22ClNO2/c1-10-5-6-13(12(15)7-10)18-9-11(17)8-16-14(2,3)4/h5-7,11,16-17H,8-9H2,1-4H3. The fraction of sp³-hybridized carbons (Fsp3) is 0.571. The van der Waals surface area contributed by atoms with E-state index in [4.69, 9.17) is 16.3 Å². The van der Waals surface area contributed by atoms with Crippen molar-refractivity contribution in [3.63, 3.8) is 0 Å². The van der Waals surface area contributed by atoms with E-state index in [1.165, 1.54) is 0 Å². The van der Waals surface area contributed by atoms with E-state index in [-0.39, 0.29) is 12.1 Å². The number of hydrogen-bond acceptors (Lipinski definition) is 3. The van der Waals surface area contributed by atoms with E-state index >= 15 is 0 Å². The summed E-state index contributed by atoms with van der Waals surface area (Å²) in [6.07, 6.45) is -0.554. The van der Waals surface area contributed by atoms with Gasteiger partial charge in [0.1, 0.15) is 18.5 Å². The third-order valence-electron chi connectivity index (χ3n) is 2.39. The Balaban J connectivity index is 2.40. The molecule has 0 saturated heterocycles. The fourth-order valence-corrected chi connectivity index (χ4v) is 1.68. The summed E-state index contributed by atoms with van der Waals surface area (Å²) >= 11 is 6.04. The number of aliphatic hydroxyl groups is 1. The summed E-state index contributed by atoms with van der Waals surface area (Å²) in [4.78, 5) is 0. The minimum atomic E-state index is -0.554. The van der Waals surface area contributed by atoms with Crippen LogP contribution in [0.5, 0.6) is 5.75 Å². The first-order valence-electron chi connectivity index (χ1n) is 6.10. The van der Waals surface area contributed by atoms with Gasteiger partial charge in [0.2, 0.25) is 0 Å². The predicted octanol–water partition coefficient (Wildman–Crippen LogP) is 2.78. The van der Waals surface area contributed by atoms with Gasteiger partial charge in [-0.25, -0.2) is 0 Å². The van der Waals surface area contributed by atoms with Gasteiger partial charge in [-0.2, -0.15) is 0 Å². The molecule has 1 unspecified atom stereocenters. The van der Waals surface area contributed by atoms with Crippen LogP contribution in [-0.2, 0) is 0 Å². The molecule has 1 aromatic carbocycles. The lowest BCUT2D eigenvalue weighted by Crippen LogP contribution is -2.42. The van der Waals surface area contributed by atoms with Crippen LogP contribution in [0.2, 0.25) is 5.02 Å². The van der Waals surface area contributed by atoms with E-state index in [9.17, 15) is 5.11 Å². The van der Waals surface area contributed by atoms with Crippen LogP contribution in [0.15, 0.2) is 18.2 Å². The number of rotatable bonds is 5. The van der Waals surface area contributed by atoms with Gasteiger partial charge >= 0.3 is 0 Å². The number of β-amino-alcohol motifs (C(OH)–C–C–N with tert-alkyl or cyclic N) is 1. The van der Waals surface area contributed by atoms with Crippen molar-refractivity contribution in [2.24, 2.45) is 0 Å². The maximum atomic E-state index is 9.79. The van der Waals surface area contributed by atoms with E-state index in [2.05, 4.69) is 26.1 Å². The van der Waals surface area contributed by atoms with Crippen LogP contribution < -0.4 is 10.1 Å². The van der Waals surface area contributed by atoms with Gasteiger partial charge in [0.25, 0.3) is 0 Å². The Morgan fingerprint density at radius 2 is 2.06 bits per heavy atom.